The van der Waals surface area contributed by atoms with E-state index in [0.29, 0.717) is 11.3 Å². The van der Waals surface area contributed by atoms with Crippen molar-refractivity contribution in [2.24, 2.45) is 9.63 Å². The van der Waals surface area contributed by atoms with Gasteiger partial charge in [-0.15, -0.1) is 5.11 Å². The molecule has 0 heterocycles. The van der Waals surface area contributed by atoms with Crippen LogP contribution in [-0.2, 0) is 10.0 Å². The van der Waals surface area contributed by atoms with E-state index in [9.17, 15) is 12.8 Å². The molecule has 0 aliphatic heterocycles. The van der Waals surface area contributed by atoms with E-state index >= 15 is 0 Å². The van der Waals surface area contributed by atoms with Gasteiger partial charge in [-0.2, -0.15) is 8.42 Å². The maximum Gasteiger partial charge on any atom is 0.299 e. The van der Waals surface area contributed by atoms with Crippen molar-refractivity contribution in [3.8, 4) is 11.8 Å². The average molecular weight is 378 g/mol. The summed E-state index contributed by atoms with van der Waals surface area (Å²) in [5.41, 5.74) is 2.78. The van der Waals surface area contributed by atoms with Gasteiger partial charge in [-0.3, -0.25) is 0 Å². The molecule has 0 atom stereocenters. The maximum absolute atomic E-state index is 12.9. The number of hydrogen-bond donors (Lipinski definition) is 0. The fourth-order valence-electron chi connectivity index (χ4n) is 2.15. The molecule has 0 radical (unpaired) electrons. The maximum atomic E-state index is 12.9. The largest absolute Gasteiger partial charge is 0.299 e. The number of hydrogen-bond acceptors (Lipinski definition) is 3. The smallest absolute Gasteiger partial charge is 0.207 e. The zero-order chi connectivity index (χ0) is 19.3. The van der Waals surface area contributed by atoms with E-state index in [1.807, 2.05) is 6.92 Å². The summed E-state index contributed by atoms with van der Waals surface area (Å²) in [4.78, 5) is 0.0960. The standard InChI is InChI=1S/C21H15FN2O2S/c1-16-2-14-21(15-3-16)27(25,26)24-23-20-12-8-18(9-13-20)5-4-17-6-10-19(22)11-7-17/h2-3,6-15H,1H3. The highest BCUT2D eigenvalue weighted by molar-refractivity contribution is 7.90. The highest BCUT2D eigenvalue weighted by atomic mass is 32.2. The molecule has 0 bridgehead atoms. The number of rotatable bonds is 3. The molecular formula is C21H15FN2O2S. The molecule has 0 aliphatic carbocycles. The molecule has 0 unspecified atom stereocenters. The Kier molecular flexibility index (Phi) is 5.43. The van der Waals surface area contributed by atoms with Crippen molar-refractivity contribution in [2.75, 3.05) is 0 Å². The first-order chi connectivity index (χ1) is 12.9. The van der Waals surface area contributed by atoms with Crippen LogP contribution in [0.2, 0.25) is 0 Å². The lowest BCUT2D eigenvalue weighted by molar-refractivity contribution is 0.595. The van der Waals surface area contributed by atoms with E-state index in [2.05, 4.69) is 21.5 Å². The Hall–Kier alpha value is -3.30. The van der Waals surface area contributed by atoms with Crippen LogP contribution in [0.5, 0.6) is 0 Å². The van der Waals surface area contributed by atoms with E-state index < -0.39 is 10.0 Å². The van der Waals surface area contributed by atoms with Gasteiger partial charge in [0.2, 0.25) is 0 Å². The summed E-state index contributed by atoms with van der Waals surface area (Å²) < 4.78 is 40.7. The predicted octanol–water partition coefficient (Wildman–Crippen LogP) is 5.01. The fourth-order valence-corrected chi connectivity index (χ4v) is 2.92. The summed E-state index contributed by atoms with van der Waals surface area (Å²) in [5.74, 6) is 5.56. The van der Waals surface area contributed by atoms with Crippen LogP contribution in [0.15, 0.2) is 87.3 Å². The normalized spacial score (nSPS) is 11.2. The van der Waals surface area contributed by atoms with Gasteiger partial charge in [-0.05, 0) is 67.6 Å². The summed E-state index contributed by atoms with van der Waals surface area (Å²) in [6.45, 7) is 1.87. The molecule has 6 heteroatoms. The number of sulfonamides is 1. The molecule has 3 rings (SSSR count). The Labute approximate surface area is 157 Å². The minimum Gasteiger partial charge on any atom is -0.207 e. The van der Waals surface area contributed by atoms with Crippen molar-refractivity contribution in [2.45, 2.75) is 11.8 Å². The Morgan fingerprint density at radius 2 is 1.30 bits per heavy atom. The molecule has 0 N–H and O–H groups in total. The Morgan fingerprint density at radius 1 is 0.778 bits per heavy atom. The topological polar surface area (TPSA) is 58.9 Å². The molecule has 27 heavy (non-hydrogen) atoms. The zero-order valence-corrected chi connectivity index (χ0v) is 15.2. The SMILES string of the molecule is Cc1ccc(S(=O)(=O)N=Nc2ccc(C#Cc3ccc(F)cc3)cc2)cc1. The quantitative estimate of drug-likeness (QED) is 0.475. The summed E-state index contributed by atoms with van der Waals surface area (Å²) in [6.07, 6.45) is 0. The molecule has 3 aromatic rings. The molecule has 0 saturated heterocycles. The summed E-state index contributed by atoms with van der Waals surface area (Å²) >= 11 is 0. The van der Waals surface area contributed by atoms with Crippen LogP contribution < -0.4 is 0 Å². The van der Waals surface area contributed by atoms with Gasteiger partial charge < -0.3 is 0 Å². The van der Waals surface area contributed by atoms with Crippen molar-refractivity contribution in [3.63, 3.8) is 0 Å². The van der Waals surface area contributed by atoms with E-state index in [1.165, 1.54) is 24.3 Å². The second-order valence-electron chi connectivity index (χ2n) is 5.77. The van der Waals surface area contributed by atoms with Crippen molar-refractivity contribution < 1.29 is 12.8 Å². The van der Waals surface area contributed by atoms with Crippen molar-refractivity contribution in [3.05, 3.63) is 95.3 Å². The van der Waals surface area contributed by atoms with Crippen LogP contribution in [0.3, 0.4) is 0 Å². The Bertz CT molecular complexity index is 1120. The van der Waals surface area contributed by atoms with Gasteiger partial charge in [0.15, 0.2) is 0 Å². The number of nitrogens with zero attached hydrogens (tertiary/aromatic N) is 2. The second kappa shape index (κ2) is 7.94. The van der Waals surface area contributed by atoms with Crippen LogP contribution in [0, 0.1) is 24.6 Å². The molecule has 0 aromatic heterocycles. The first kappa shape index (κ1) is 18.5. The van der Waals surface area contributed by atoms with Crippen molar-refractivity contribution in [1.29, 1.82) is 0 Å². The van der Waals surface area contributed by atoms with Gasteiger partial charge in [-0.25, -0.2) is 4.39 Å². The van der Waals surface area contributed by atoms with Gasteiger partial charge in [-0.1, -0.05) is 34.1 Å². The minimum atomic E-state index is -3.84. The van der Waals surface area contributed by atoms with Crippen molar-refractivity contribution in [1.82, 2.24) is 0 Å². The molecule has 3 aromatic carbocycles. The fraction of sp³-hybridized carbons (Fsp3) is 0.0476. The number of aryl methyl sites for hydroxylation is 1. The van der Waals surface area contributed by atoms with Crippen LogP contribution in [-0.4, -0.2) is 8.42 Å². The minimum absolute atomic E-state index is 0.0960. The molecule has 0 aliphatic rings. The molecule has 0 fully saturated rings. The molecule has 4 nitrogen and oxygen atoms in total. The van der Waals surface area contributed by atoms with Gasteiger partial charge >= 0.3 is 0 Å². The van der Waals surface area contributed by atoms with E-state index in [0.717, 1.165) is 11.1 Å². The molecular weight excluding hydrogens is 363 g/mol. The molecule has 134 valence electrons. The summed E-state index contributed by atoms with van der Waals surface area (Å²) in [7, 11) is -3.84. The average Bonchev–Trinajstić information content (AvgIpc) is 2.67. The number of benzene rings is 3. The Morgan fingerprint density at radius 3 is 1.85 bits per heavy atom. The first-order valence-electron chi connectivity index (χ1n) is 8.05. The molecule has 0 saturated carbocycles. The van der Waals surface area contributed by atoms with E-state index in [4.69, 9.17) is 0 Å². The highest BCUT2D eigenvalue weighted by Gasteiger charge is 2.12. The zero-order valence-electron chi connectivity index (χ0n) is 14.4. The van der Waals surface area contributed by atoms with Gasteiger partial charge in [0, 0.05) is 11.1 Å². The van der Waals surface area contributed by atoms with Gasteiger partial charge in [0.05, 0.1) is 10.6 Å². The molecule has 0 spiro atoms. The van der Waals surface area contributed by atoms with Crippen LogP contribution in [0.25, 0.3) is 0 Å². The second-order valence-corrected chi connectivity index (χ2v) is 7.36. The predicted molar refractivity (Wildman–Crippen MR) is 102 cm³/mol. The molecule has 0 amide bonds. The van der Waals surface area contributed by atoms with Crippen LogP contribution in [0.1, 0.15) is 16.7 Å². The van der Waals surface area contributed by atoms with Crippen LogP contribution >= 0.6 is 0 Å². The van der Waals surface area contributed by atoms with E-state index in [1.54, 1.807) is 48.5 Å². The van der Waals surface area contributed by atoms with Crippen molar-refractivity contribution >= 4 is 15.7 Å². The first-order valence-corrected chi connectivity index (χ1v) is 9.49. The summed E-state index contributed by atoms with van der Waals surface area (Å²) in [5, 5.41) is 3.79. The third-order valence-electron chi connectivity index (χ3n) is 3.65. The van der Waals surface area contributed by atoms with Crippen LogP contribution in [0.4, 0.5) is 10.1 Å². The third kappa shape index (κ3) is 5.09. The third-order valence-corrected chi connectivity index (χ3v) is 4.81. The monoisotopic (exact) mass is 378 g/mol. The van der Waals surface area contributed by atoms with Gasteiger partial charge in [0.25, 0.3) is 10.0 Å². The van der Waals surface area contributed by atoms with E-state index in [-0.39, 0.29) is 10.7 Å². The lowest BCUT2D eigenvalue weighted by Gasteiger charge is -1.98. The summed E-state index contributed by atoms with van der Waals surface area (Å²) in [6, 6.07) is 19.0. The lowest BCUT2D eigenvalue weighted by atomic mass is 10.2. The number of halogens is 1. The highest BCUT2D eigenvalue weighted by Crippen LogP contribution is 2.18. The van der Waals surface area contributed by atoms with Gasteiger partial charge in [0.1, 0.15) is 5.82 Å². The Balaban J connectivity index is 1.73. The lowest BCUT2D eigenvalue weighted by Crippen LogP contribution is -1.95.